The molecule has 2 heteroatoms. The standard InChI is InChI=1S/C17H20O2/c1-13-8-9-17(14(2)12-13)19-11-10-16(18)15-6-4-3-5-7-15/h3-9,12,16,18H,10-11H2,1-2H3. The molecule has 0 amide bonds. The second kappa shape index (κ2) is 6.39. The molecule has 0 spiro atoms. The topological polar surface area (TPSA) is 29.5 Å². The Hall–Kier alpha value is -1.80. The minimum Gasteiger partial charge on any atom is -0.493 e. The van der Waals surface area contributed by atoms with E-state index in [1.807, 2.05) is 49.4 Å². The van der Waals surface area contributed by atoms with Crippen LogP contribution in [0.3, 0.4) is 0 Å². The zero-order valence-electron chi connectivity index (χ0n) is 11.5. The third-order valence-electron chi connectivity index (χ3n) is 3.16. The van der Waals surface area contributed by atoms with Crippen molar-refractivity contribution in [1.82, 2.24) is 0 Å². The zero-order chi connectivity index (χ0) is 13.7. The van der Waals surface area contributed by atoms with E-state index in [9.17, 15) is 5.11 Å². The molecule has 0 fully saturated rings. The maximum absolute atomic E-state index is 10.0. The van der Waals surface area contributed by atoms with Gasteiger partial charge in [-0.1, -0.05) is 48.0 Å². The van der Waals surface area contributed by atoms with E-state index in [1.165, 1.54) is 5.56 Å². The minimum atomic E-state index is -0.466. The van der Waals surface area contributed by atoms with Crippen LogP contribution in [0.1, 0.15) is 29.2 Å². The Bertz CT molecular complexity index is 520. The molecular weight excluding hydrogens is 236 g/mol. The molecule has 2 rings (SSSR count). The van der Waals surface area contributed by atoms with Crippen molar-refractivity contribution in [2.75, 3.05) is 6.61 Å². The lowest BCUT2D eigenvalue weighted by atomic mass is 10.1. The third kappa shape index (κ3) is 3.83. The molecule has 0 saturated heterocycles. The number of aliphatic hydroxyl groups excluding tert-OH is 1. The Labute approximate surface area is 114 Å². The van der Waals surface area contributed by atoms with E-state index < -0.39 is 6.10 Å². The lowest BCUT2D eigenvalue weighted by Gasteiger charge is -2.13. The highest BCUT2D eigenvalue weighted by Crippen LogP contribution is 2.21. The minimum absolute atomic E-state index is 0.466. The highest BCUT2D eigenvalue weighted by atomic mass is 16.5. The molecule has 2 nitrogen and oxygen atoms in total. The quantitative estimate of drug-likeness (QED) is 0.881. The van der Waals surface area contributed by atoms with Crippen LogP contribution in [0.5, 0.6) is 5.75 Å². The van der Waals surface area contributed by atoms with Crippen LogP contribution in [0, 0.1) is 13.8 Å². The van der Waals surface area contributed by atoms with Gasteiger partial charge in [0.15, 0.2) is 0 Å². The molecule has 0 aliphatic rings. The van der Waals surface area contributed by atoms with Crippen molar-refractivity contribution in [3.05, 3.63) is 65.2 Å². The largest absolute Gasteiger partial charge is 0.493 e. The van der Waals surface area contributed by atoms with Gasteiger partial charge >= 0.3 is 0 Å². The average molecular weight is 256 g/mol. The Kier molecular flexibility index (Phi) is 4.58. The van der Waals surface area contributed by atoms with E-state index in [2.05, 4.69) is 13.0 Å². The summed E-state index contributed by atoms with van der Waals surface area (Å²) in [5, 5.41) is 10.0. The van der Waals surface area contributed by atoms with E-state index >= 15 is 0 Å². The van der Waals surface area contributed by atoms with E-state index in [4.69, 9.17) is 4.74 Å². The van der Waals surface area contributed by atoms with Crippen LogP contribution in [-0.2, 0) is 0 Å². The summed E-state index contributed by atoms with van der Waals surface area (Å²) in [4.78, 5) is 0. The molecule has 19 heavy (non-hydrogen) atoms. The van der Waals surface area contributed by atoms with Crippen LogP contribution in [0.2, 0.25) is 0 Å². The van der Waals surface area contributed by atoms with Gasteiger partial charge in [-0.25, -0.2) is 0 Å². The highest BCUT2D eigenvalue weighted by Gasteiger charge is 2.07. The summed E-state index contributed by atoms with van der Waals surface area (Å²) >= 11 is 0. The molecule has 0 aliphatic heterocycles. The number of aliphatic hydroxyl groups is 1. The highest BCUT2D eigenvalue weighted by molar-refractivity contribution is 5.35. The Balaban J connectivity index is 1.86. The van der Waals surface area contributed by atoms with Crippen LogP contribution in [0.15, 0.2) is 48.5 Å². The molecule has 2 aromatic carbocycles. The van der Waals surface area contributed by atoms with Crippen LogP contribution in [-0.4, -0.2) is 11.7 Å². The molecule has 0 aromatic heterocycles. The van der Waals surface area contributed by atoms with Gasteiger partial charge in [0.2, 0.25) is 0 Å². The van der Waals surface area contributed by atoms with E-state index in [0.717, 1.165) is 16.9 Å². The molecule has 0 radical (unpaired) electrons. The Morgan fingerprint density at radius 3 is 2.47 bits per heavy atom. The summed E-state index contributed by atoms with van der Waals surface area (Å²) in [6.07, 6.45) is 0.129. The predicted molar refractivity (Wildman–Crippen MR) is 77.4 cm³/mol. The predicted octanol–water partition coefficient (Wildman–Crippen LogP) is 3.81. The fraction of sp³-hybridized carbons (Fsp3) is 0.294. The smallest absolute Gasteiger partial charge is 0.122 e. The molecule has 1 N–H and O–H groups in total. The monoisotopic (exact) mass is 256 g/mol. The second-order valence-corrected chi connectivity index (χ2v) is 4.83. The van der Waals surface area contributed by atoms with Gasteiger partial charge in [0.25, 0.3) is 0 Å². The lowest BCUT2D eigenvalue weighted by Crippen LogP contribution is -2.06. The molecule has 0 aliphatic carbocycles. The number of benzene rings is 2. The summed E-state index contributed by atoms with van der Waals surface area (Å²) in [7, 11) is 0. The number of aryl methyl sites for hydroxylation is 2. The first-order valence-electron chi connectivity index (χ1n) is 6.60. The van der Waals surface area contributed by atoms with Gasteiger partial charge in [-0.2, -0.15) is 0 Å². The van der Waals surface area contributed by atoms with Crippen LogP contribution in [0.4, 0.5) is 0 Å². The van der Waals surface area contributed by atoms with Crippen molar-refractivity contribution >= 4 is 0 Å². The average Bonchev–Trinajstić information content (AvgIpc) is 2.42. The molecular formula is C17H20O2. The Morgan fingerprint density at radius 1 is 1.05 bits per heavy atom. The van der Waals surface area contributed by atoms with Gasteiger partial charge in [0.1, 0.15) is 5.75 Å². The van der Waals surface area contributed by atoms with Crippen LogP contribution >= 0.6 is 0 Å². The van der Waals surface area contributed by atoms with Gasteiger partial charge in [0, 0.05) is 6.42 Å². The molecule has 0 heterocycles. The fourth-order valence-corrected chi connectivity index (χ4v) is 2.08. The van der Waals surface area contributed by atoms with Gasteiger partial charge < -0.3 is 9.84 Å². The molecule has 1 atom stereocenters. The van der Waals surface area contributed by atoms with E-state index in [0.29, 0.717) is 13.0 Å². The van der Waals surface area contributed by atoms with Crippen molar-refractivity contribution in [3.8, 4) is 5.75 Å². The Morgan fingerprint density at radius 2 is 1.79 bits per heavy atom. The first kappa shape index (κ1) is 13.6. The summed E-state index contributed by atoms with van der Waals surface area (Å²) < 4.78 is 5.72. The first-order valence-corrected chi connectivity index (χ1v) is 6.60. The second-order valence-electron chi connectivity index (χ2n) is 4.83. The molecule has 1 unspecified atom stereocenters. The summed E-state index contributed by atoms with van der Waals surface area (Å²) in [5.74, 6) is 0.894. The summed E-state index contributed by atoms with van der Waals surface area (Å²) in [6, 6.07) is 15.8. The molecule has 2 aromatic rings. The first-order chi connectivity index (χ1) is 9.16. The summed E-state index contributed by atoms with van der Waals surface area (Å²) in [6.45, 7) is 4.62. The number of ether oxygens (including phenoxy) is 1. The fourth-order valence-electron chi connectivity index (χ4n) is 2.08. The number of hydrogen-bond donors (Lipinski definition) is 1. The number of rotatable bonds is 5. The van der Waals surface area contributed by atoms with Crippen molar-refractivity contribution < 1.29 is 9.84 Å². The normalized spacial score (nSPS) is 12.2. The molecule has 0 bridgehead atoms. The van der Waals surface area contributed by atoms with Crippen molar-refractivity contribution in [3.63, 3.8) is 0 Å². The van der Waals surface area contributed by atoms with Gasteiger partial charge in [-0.3, -0.25) is 0 Å². The van der Waals surface area contributed by atoms with Crippen molar-refractivity contribution in [1.29, 1.82) is 0 Å². The zero-order valence-corrected chi connectivity index (χ0v) is 11.5. The number of hydrogen-bond acceptors (Lipinski definition) is 2. The summed E-state index contributed by atoms with van der Waals surface area (Å²) in [5.41, 5.74) is 3.30. The van der Waals surface area contributed by atoms with E-state index in [-0.39, 0.29) is 0 Å². The lowest BCUT2D eigenvalue weighted by molar-refractivity contribution is 0.140. The SMILES string of the molecule is Cc1ccc(OCCC(O)c2ccccc2)c(C)c1. The van der Waals surface area contributed by atoms with Gasteiger partial charge in [0.05, 0.1) is 12.7 Å². The van der Waals surface area contributed by atoms with Crippen LogP contribution in [0.25, 0.3) is 0 Å². The van der Waals surface area contributed by atoms with E-state index in [1.54, 1.807) is 0 Å². The van der Waals surface area contributed by atoms with Crippen molar-refractivity contribution in [2.45, 2.75) is 26.4 Å². The molecule has 0 saturated carbocycles. The maximum atomic E-state index is 10.0. The molecule has 100 valence electrons. The van der Waals surface area contributed by atoms with Gasteiger partial charge in [-0.05, 0) is 31.0 Å². The van der Waals surface area contributed by atoms with Crippen molar-refractivity contribution in [2.24, 2.45) is 0 Å². The van der Waals surface area contributed by atoms with Crippen LogP contribution < -0.4 is 4.74 Å². The third-order valence-corrected chi connectivity index (χ3v) is 3.16. The maximum Gasteiger partial charge on any atom is 0.122 e. The van der Waals surface area contributed by atoms with Gasteiger partial charge in [-0.15, -0.1) is 0 Å².